The average molecular weight is 442 g/mol. The molecule has 2 aliphatic rings. The molecule has 0 aliphatic carbocycles. The van der Waals surface area contributed by atoms with Crippen molar-refractivity contribution in [1.82, 2.24) is 0 Å². The highest BCUT2D eigenvalue weighted by atomic mass is 35.5. The van der Waals surface area contributed by atoms with Gasteiger partial charge in [-0.1, -0.05) is 23.7 Å². The molecule has 2 aromatic rings. The second kappa shape index (κ2) is 8.35. The number of aryl methyl sites for hydroxylation is 1. The van der Waals surface area contributed by atoms with Gasteiger partial charge in [0.05, 0.1) is 31.3 Å². The zero-order chi connectivity index (χ0) is 22.1. The monoisotopic (exact) mass is 441 g/mol. The molecular formula is C23H20ClNO6. The molecule has 0 atom stereocenters. The number of anilines is 1. The Labute approximate surface area is 184 Å². The van der Waals surface area contributed by atoms with Crippen LogP contribution in [0, 0.1) is 6.92 Å². The maximum atomic E-state index is 12.8. The van der Waals surface area contributed by atoms with Crippen molar-refractivity contribution in [3.05, 3.63) is 76.1 Å². The van der Waals surface area contributed by atoms with Crippen LogP contribution in [0.25, 0.3) is 0 Å². The third-order valence-electron chi connectivity index (χ3n) is 5.20. The van der Waals surface area contributed by atoms with Gasteiger partial charge in [0.1, 0.15) is 0 Å². The van der Waals surface area contributed by atoms with Crippen LogP contribution in [0.3, 0.4) is 0 Å². The maximum Gasteiger partial charge on any atom is 0.336 e. The first kappa shape index (κ1) is 20.8. The number of rotatable bonds is 4. The number of benzene rings is 2. The number of halogens is 1. The number of nitrogens with zero attached hydrogens (tertiary/aromatic N) is 1. The molecular weight excluding hydrogens is 422 g/mol. The summed E-state index contributed by atoms with van der Waals surface area (Å²) in [5.41, 5.74) is 2.79. The molecule has 0 N–H and O–H groups in total. The van der Waals surface area contributed by atoms with E-state index in [0.29, 0.717) is 27.8 Å². The minimum atomic E-state index is -0.716. The Bertz CT molecular complexity index is 1090. The van der Waals surface area contributed by atoms with Crippen molar-refractivity contribution in [1.29, 1.82) is 0 Å². The van der Waals surface area contributed by atoms with Crippen LogP contribution in [-0.4, -0.2) is 33.0 Å². The van der Waals surface area contributed by atoms with E-state index in [0.717, 1.165) is 5.56 Å². The van der Waals surface area contributed by atoms with Gasteiger partial charge in [0.2, 0.25) is 6.79 Å². The number of ether oxygens (including phenoxy) is 4. The first-order valence-corrected chi connectivity index (χ1v) is 9.84. The summed E-state index contributed by atoms with van der Waals surface area (Å²) in [6, 6.07) is 10.7. The molecule has 4 rings (SSSR count). The Balaban J connectivity index is 1.86. The van der Waals surface area contributed by atoms with Crippen molar-refractivity contribution < 1.29 is 28.5 Å². The summed E-state index contributed by atoms with van der Waals surface area (Å²) in [4.78, 5) is 27.2. The fourth-order valence-corrected chi connectivity index (χ4v) is 3.75. The number of hydrogen-bond acceptors (Lipinski definition) is 7. The van der Waals surface area contributed by atoms with Crippen LogP contribution in [0.5, 0.6) is 11.5 Å². The molecule has 0 spiro atoms. The van der Waals surface area contributed by atoms with Crippen molar-refractivity contribution >= 4 is 29.2 Å². The molecule has 8 heteroatoms. The number of hydrogen-bond donors (Lipinski definition) is 0. The maximum absolute atomic E-state index is 12.8. The Kier molecular flexibility index (Phi) is 5.61. The van der Waals surface area contributed by atoms with Gasteiger partial charge < -0.3 is 23.8 Å². The van der Waals surface area contributed by atoms with Gasteiger partial charge in [-0.05, 0) is 42.3 Å². The lowest BCUT2D eigenvalue weighted by Crippen LogP contribution is -2.28. The van der Waals surface area contributed by atoms with E-state index in [2.05, 4.69) is 0 Å². The first-order chi connectivity index (χ1) is 14.9. The Morgan fingerprint density at radius 2 is 1.61 bits per heavy atom. The van der Waals surface area contributed by atoms with Gasteiger partial charge in [-0.15, -0.1) is 0 Å². The van der Waals surface area contributed by atoms with E-state index in [1.54, 1.807) is 41.6 Å². The summed E-state index contributed by atoms with van der Waals surface area (Å²) in [7, 11) is 2.59. The molecule has 0 saturated carbocycles. The third kappa shape index (κ3) is 3.84. The highest BCUT2D eigenvalue weighted by molar-refractivity contribution is 6.31. The van der Waals surface area contributed by atoms with Crippen LogP contribution in [0.4, 0.5) is 5.69 Å². The van der Waals surface area contributed by atoms with Gasteiger partial charge >= 0.3 is 11.9 Å². The van der Waals surface area contributed by atoms with Crippen LogP contribution in [-0.2, 0) is 19.1 Å². The molecule has 2 aromatic carbocycles. The summed E-state index contributed by atoms with van der Waals surface area (Å²) < 4.78 is 20.9. The van der Waals surface area contributed by atoms with Crippen molar-refractivity contribution in [2.75, 3.05) is 25.9 Å². The van der Waals surface area contributed by atoms with E-state index in [1.165, 1.54) is 14.2 Å². The number of carbonyl (C=O) groups is 2. The molecule has 2 aliphatic heterocycles. The lowest BCUT2D eigenvalue weighted by Gasteiger charge is -2.30. The largest absolute Gasteiger partial charge is 0.466 e. The second-order valence-electron chi connectivity index (χ2n) is 7.04. The minimum Gasteiger partial charge on any atom is -0.466 e. The van der Waals surface area contributed by atoms with Crippen LogP contribution in [0.15, 0.2) is 59.9 Å². The first-order valence-electron chi connectivity index (χ1n) is 9.47. The van der Waals surface area contributed by atoms with Gasteiger partial charge in [0.15, 0.2) is 11.5 Å². The van der Waals surface area contributed by atoms with E-state index in [9.17, 15) is 9.59 Å². The molecule has 31 heavy (non-hydrogen) atoms. The van der Waals surface area contributed by atoms with Gasteiger partial charge in [-0.25, -0.2) is 9.59 Å². The van der Waals surface area contributed by atoms with Gasteiger partial charge in [-0.3, -0.25) is 0 Å². The summed E-state index contributed by atoms with van der Waals surface area (Å²) in [5.74, 6) is -0.714. The predicted octanol–water partition coefficient (Wildman–Crippen LogP) is 4.09. The molecule has 160 valence electrons. The van der Waals surface area contributed by atoms with E-state index in [-0.39, 0.29) is 17.9 Å². The smallest absolute Gasteiger partial charge is 0.336 e. The number of methoxy groups -OCH3 is 2. The van der Waals surface area contributed by atoms with Gasteiger partial charge in [0, 0.05) is 23.1 Å². The van der Waals surface area contributed by atoms with E-state index >= 15 is 0 Å². The van der Waals surface area contributed by atoms with Gasteiger partial charge in [-0.2, -0.15) is 0 Å². The third-order valence-corrected chi connectivity index (χ3v) is 5.61. The van der Waals surface area contributed by atoms with Crippen LogP contribution in [0.1, 0.15) is 17.0 Å². The van der Waals surface area contributed by atoms with E-state index < -0.39 is 17.9 Å². The predicted molar refractivity (Wildman–Crippen MR) is 114 cm³/mol. The SMILES string of the molecule is COC(=O)C1=CN(c2ccc(C)c(Cl)c2)C=C(C(=O)OC)C1c1ccc2c(c1)OCO2. The van der Waals surface area contributed by atoms with Crippen LogP contribution < -0.4 is 14.4 Å². The molecule has 0 saturated heterocycles. The molecule has 0 fully saturated rings. The van der Waals surface area contributed by atoms with Crippen LogP contribution >= 0.6 is 11.6 Å². The lowest BCUT2D eigenvalue weighted by molar-refractivity contribution is -0.137. The fraction of sp³-hybridized carbons (Fsp3) is 0.217. The van der Waals surface area contributed by atoms with Crippen molar-refractivity contribution in [2.24, 2.45) is 0 Å². The highest BCUT2D eigenvalue weighted by Crippen LogP contribution is 2.42. The molecule has 2 heterocycles. The molecule has 0 bridgehead atoms. The average Bonchev–Trinajstić information content (AvgIpc) is 3.26. The highest BCUT2D eigenvalue weighted by Gasteiger charge is 2.36. The second-order valence-corrected chi connectivity index (χ2v) is 7.45. The van der Waals surface area contributed by atoms with Crippen molar-refractivity contribution in [3.63, 3.8) is 0 Å². The Morgan fingerprint density at radius 1 is 0.968 bits per heavy atom. The van der Waals surface area contributed by atoms with Crippen LogP contribution in [0.2, 0.25) is 5.02 Å². The quantitative estimate of drug-likeness (QED) is 0.661. The molecule has 0 aromatic heterocycles. The Hall–Kier alpha value is -3.45. The normalized spacial score (nSPS) is 15.3. The summed E-state index contributed by atoms with van der Waals surface area (Å²) in [5, 5.41) is 0.566. The Morgan fingerprint density at radius 3 is 2.23 bits per heavy atom. The molecule has 7 nitrogen and oxygen atoms in total. The zero-order valence-corrected chi connectivity index (χ0v) is 17.9. The standard InChI is InChI=1S/C23H20ClNO6/c1-13-4-6-15(9-18(13)24)25-10-16(22(26)28-2)21(17(11-25)23(27)29-3)14-5-7-19-20(8-14)31-12-30-19/h4-11,21H,12H2,1-3H3. The molecule has 0 unspecified atom stereocenters. The lowest BCUT2D eigenvalue weighted by atomic mass is 9.83. The van der Waals surface area contributed by atoms with Crippen molar-refractivity contribution in [3.8, 4) is 11.5 Å². The van der Waals surface area contributed by atoms with Crippen molar-refractivity contribution in [2.45, 2.75) is 12.8 Å². The number of esters is 2. The van der Waals surface area contributed by atoms with E-state index in [4.69, 9.17) is 30.5 Å². The van der Waals surface area contributed by atoms with E-state index in [1.807, 2.05) is 19.1 Å². The topological polar surface area (TPSA) is 74.3 Å². The summed E-state index contributed by atoms with van der Waals surface area (Å²) in [6.45, 7) is 2.01. The molecule has 0 radical (unpaired) electrons. The summed E-state index contributed by atoms with van der Waals surface area (Å²) >= 11 is 6.29. The van der Waals surface area contributed by atoms with Gasteiger partial charge in [0.25, 0.3) is 0 Å². The minimum absolute atomic E-state index is 0.116. The number of fused-ring (bicyclic) bond motifs is 1. The molecule has 0 amide bonds. The fourth-order valence-electron chi connectivity index (χ4n) is 3.57. The number of carbonyl (C=O) groups excluding carboxylic acids is 2. The zero-order valence-electron chi connectivity index (χ0n) is 17.2. The summed E-state index contributed by atoms with van der Waals surface area (Å²) in [6.07, 6.45) is 3.27.